The summed E-state index contributed by atoms with van der Waals surface area (Å²) in [5.74, 6) is 1.28. The van der Waals surface area contributed by atoms with Crippen LogP contribution in [0.15, 0.2) is 24.5 Å². The van der Waals surface area contributed by atoms with E-state index in [0.717, 1.165) is 24.3 Å². The lowest BCUT2D eigenvalue weighted by Crippen LogP contribution is -2.44. The number of ether oxygens (including phenoxy) is 1. The van der Waals surface area contributed by atoms with E-state index in [0.29, 0.717) is 30.5 Å². The molecule has 0 aliphatic carbocycles. The number of anilines is 1. The highest BCUT2D eigenvalue weighted by atomic mass is 35.5. The number of rotatable bonds is 1. The number of hydrogen-bond donors (Lipinski definition) is 0. The summed E-state index contributed by atoms with van der Waals surface area (Å²) >= 11 is 6.03. The minimum atomic E-state index is -0.214. The van der Waals surface area contributed by atoms with Gasteiger partial charge < -0.3 is 4.74 Å². The molecule has 0 bridgehead atoms. The molecule has 2 aliphatic heterocycles. The van der Waals surface area contributed by atoms with Gasteiger partial charge in [0, 0.05) is 18.1 Å². The van der Waals surface area contributed by atoms with Gasteiger partial charge in [-0.25, -0.2) is 4.68 Å². The van der Waals surface area contributed by atoms with Crippen LogP contribution in [0.4, 0.5) is 5.95 Å². The first kappa shape index (κ1) is 13.6. The lowest BCUT2D eigenvalue weighted by Gasteiger charge is -2.31. The Balaban J connectivity index is 1.58. The van der Waals surface area contributed by atoms with E-state index in [1.165, 1.54) is 6.33 Å². The largest absolute Gasteiger partial charge is 0.492 e. The lowest BCUT2D eigenvalue weighted by atomic mass is 9.95. The van der Waals surface area contributed by atoms with Crippen LogP contribution in [0.3, 0.4) is 0 Å². The molecule has 1 amide bonds. The highest BCUT2D eigenvalue weighted by molar-refractivity contribution is 6.30. The molecule has 2 aromatic rings. The molecule has 0 unspecified atom stereocenters. The van der Waals surface area contributed by atoms with Crippen molar-refractivity contribution in [3.05, 3.63) is 35.1 Å². The molecule has 1 aromatic heterocycles. The Kier molecular flexibility index (Phi) is 3.26. The van der Waals surface area contributed by atoms with E-state index in [-0.39, 0.29) is 11.8 Å². The molecule has 0 saturated heterocycles. The number of carbonyl (C=O) groups excluding carboxylic acids is 1. The Morgan fingerprint density at radius 2 is 2.27 bits per heavy atom. The monoisotopic (exact) mass is 318 g/mol. The Morgan fingerprint density at radius 3 is 3.18 bits per heavy atom. The van der Waals surface area contributed by atoms with E-state index >= 15 is 0 Å². The number of hydrogen-bond acceptors (Lipinski definition) is 4. The van der Waals surface area contributed by atoms with E-state index in [9.17, 15) is 4.79 Å². The van der Waals surface area contributed by atoms with Gasteiger partial charge in [0.25, 0.3) is 0 Å². The fourth-order valence-electron chi connectivity index (χ4n) is 3.05. The average Bonchev–Trinajstić information content (AvgIpc) is 3.02. The fourth-order valence-corrected chi connectivity index (χ4v) is 3.25. The number of fused-ring (bicyclic) bond motifs is 2. The van der Waals surface area contributed by atoms with Gasteiger partial charge in [0.05, 0.1) is 5.92 Å². The summed E-state index contributed by atoms with van der Waals surface area (Å²) in [6.45, 7) is 1.87. The number of amides is 1. The number of aromatic nitrogens is 3. The Labute approximate surface area is 132 Å². The van der Waals surface area contributed by atoms with Crippen LogP contribution in [0, 0.1) is 5.92 Å². The van der Waals surface area contributed by atoms with Crippen LogP contribution in [0.25, 0.3) is 0 Å². The first-order valence-electron chi connectivity index (χ1n) is 7.33. The second-order valence-corrected chi connectivity index (χ2v) is 6.03. The predicted octanol–water partition coefficient (Wildman–Crippen LogP) is 1.92. The van der Waals surface area contributed by atoms with Crippen molar-refractivity contribution in [1.29, 1.82) is 0 Å². The minimum Gasteiger partial charge on any atom is -0.492 e. The maximum atomic E-state index is 12.8. The first-order valence-corrected chi connectivity index (χ1v) is 7.70. The Hall–Kier alpha value is -2.08. The fraction of sp³-hybridized carbons (Fsp3) is 0.400. The van der Waals surface area contributed by atoms with Crippen LogP contribution in [0.2, 0.25) is 5.02 Å². The molecule has 0 saturated carbocycles. The summed E-state index contributed by atoms with van der Waals surface area (Å²) < 4.78 is 7.50. The molecule has 1 aromatic carbocycles. The van der Waals surface area contributed by atoms with Gasteiger partial charge in [-0.1, -0.05) is 11.6 Å². The summed E-state index contributed by atoms with van der Waals surface area (Å²) in [6.07, 6.45) is 3.02. The highest BCUT2D eigenvalue weighted by Gasteiger charge is 2.33. The maximum absolute atomic E-state index is 12.8. The van der Waals surface area contributed by atoms with Crippen molar-refractivity contribution in [1.82, 2.24) is 14.8 Å². The number of halogens is 1. The summed E-state index contributed by atoms with van der Waals surface area (Å²) in [6, 6.07) is 5.53. The molecule has 0 radical (unpaired) electrons. The molecule has 114 valence electrons. The van der Waals surface area contributed by atoms with E-state index < -0.39 is 0 Å². The van der Waals surface area contributed by atoms with Gasteiger partial charge in [-0.05, 0) is 36.6 Å². The van der Waals surface area contributed by atoms with Crippen LogP contribution in [-0.4, -0.2) is 33.8 Å². The second-order valence-electron chi connectivity index (χ2n) is 5.59. The molecule has 2 aliphatic rings. The SMILES string of the molecule is O=C([C@@H]1COc2ccc(Cl)cc2C1)N1CCCn2ncnc21. The van der Waals surface area contributed by atoms with Gasteiger partial charge in [0.2, 0.25) is 11.9 Å². The zero-order valence-corrected chi connectivity index (χ0v) is 12.7. The van der Waals surface area contributed by atoms with Crippen molar-refractivity contribution < 1.29 is 9.53 Å². The van der Waals surface area contributed by atoms with Crippen molar-refractivity contribution in [3.63, 3.8) is 0 Å². The van der Waals surface area contributed by atoms with Crippen molar-refractivity contribution in [2.45, 2.75) is 19.4 Å². The standard InChI is InChI=1S/C15H15ClN4O2/c16-12-2-3-13-10(7-12)6-11(8-22-13)14(21)19-4-1-5-20-15(19)17-9-18-20/h2-3,7,9,11H,1,4-6,8H2/t11-/m0/s1. The van der Waals surface area contributed by atoms with E-state index in [2.05, 4.69) is 10.1 Å². The predicted molar refractivity (Wildman–Crippen MR) is 81.1 cm³/mol. The average molecular weight is 319 g/mol. The van der Waals surface area contributed by atoms with Gasteiger partial charge in [-0.2, -0.15) is 10.1 Å². The third kappa shape index (κ3) is 2.23. The third-order valence-electron chi connectivity index (χ3n) is 4.13. The van der Waals surface area contributed by atoms with Crippen LogP contribution in [0.1, 0.15) is 12.0 Å². The van der Waals surface area contributed by atoms with Crippen LogP contribution in [0.5, 0.6) is 5.75 Å². The molecule has 22 heavy (non-hydrogen) atoms. The number of nitrogens with zero attached hydrogens (tertiary/aromatic N) is 4. The van der Waals surface area contributed by atoms with Crippen molar-refractivity contribution in [2.24, 2.45) is 5.92 Å². The Bertz CT molecular complexity index is 730. The van der Waals surface area contributed by atoms with Crippen molar-refractivity contribution >= 4 is 23.5 Å². The molecule has 0 spiro atoms. The number of aryl methyl sites for hydroxylation is 1. The molecule has 0 N–H and O–H groups in total. The van der Waals surface area contributed by atoms with Crippen LogP contribution >= 0.6 is 11.6 Å². The van der Waals surface area contributed by atoms with Gasteiger partial charge >= 0.3 is 0 Å². The van der Waals surface area contributed by atoms with Gasteiger partial charge in [-0.3, -0.25) is 9.69 Å². The quantitative estimate of drug-likeness (QED) is 0.806. The Morgan fingerprint density at radius 1 is 1.36 bits per heavy atom. The molecular weight excluding hydrogens is 304 g/mol. The van der Waals surface area contributed by atoms with Gasteiger partial charge in [-0.15, -0.1) is 0 Å². The molecule has 1 atom stereocenters. The summed E-state index contributed by atoms with van der Waals surface area (Å²) in [4.78, 5) is 18.8. The van der Waals surface area contributed by atoms with E-state index in [1.807, 2.05) is 12.1 Å². The maximum Gasteiger partial charge on any atom is 0.236 e. The summed E-state index contributed by atoms with van der Waals surface area (Å²) in [7, 11) is 0. The molecule has 3 heterocycles. The third-order valence-corrected chi connectivity index (χ3v) is 4.37. The smallest absolute Gasteiger partial charge is 0.236 e. The molecule has 6 nitrogen and oxygen atoms in total. The van der Waals surface area contributed by atoms with Crippen LogP contribution < -0.4 is 9.64 Å². The first-order chi connectivity index (χ1) is 10.7. The van der Waals surface area contributed by atoms with Gasteiger partial charge in [0.15, 0.2) is 0 Å². The molecular formula is C15H15ClN4O2. The second kappa shape index (κ2) is 5.28. The van der Waals surface area contributed by atoms with E-state index in [1.54, 1.807) is 15.6 Å². The number of benzene rings is 1. The molecule has 7 heteroatoms. The van der Waals surface area contributed by atoms with E-state index in [4.69, 9.17) is 16.3 Å². The minimum absolute atomic E-state index is 0.0413. The zero-order valence-electron chi connectivity index (χ0n) is 11.9. The molecule has 0 fully saturated rings. The molecule has 4 rings (SSSR count). The van der Waals surface area contributed by atoms with Crippen LogP contribution in [-0.2, 0) is 17.8 Å². The summed E-state index contributed by atoms with van der Waals surface area (Å²) in [5, 5.41) is 4.81. The zero-order chi connectivity index (χ0) is 15.1. The van der Waals surface area contributed by atoms with Crippen molar-refractivity contribution in [2.75, 3.05) is 18.1 Å². The topological polar surface area (TPSA) is 60.2 Å². The van der Waals surface area contributed by atoms with Crippen molar-refractivity contribution in [3.8, 4) is 5.75 Å². The lowest BCUT2D eigenvalue weighted by molar-refractivity contribution is -0.123. The number of carbonyl (C=O) groups is 1. The summed E-state index contributed by atoms with van der Waals surface area (Å²) in [5.41, 5.74) is 0.982. The highest BCUT2D eigenvalue weighted by Crippen LogP contribution is 2.31. The van der Waals surface area contributed by atoms with Gasteiger partial charge in [0.1, 0.15) is 18.7 Å². The normalized spacial score (nSPS) is 20.0.